The van der Waals surface area contributed by atoms with Crippen LogP contribution in [0.15, 0.2) is 94.8 Å². The molecule has 0 aliphatic rings. The molecule has 3 aromatic carbocycles. The summed E-state index contributed by atoms with van der Waals surface area (Å²) in [6, 6.07) is 21.9. The van der Waals surface area contributed by atoms with Crippen LogP contribution in [-0.4, -0.2) is 10.9 Å². The summed E-state index contributed by atoms with van der Waals surface area (Å²) in [4.78, 5) is 12.9. The molecule has 0 aliphatic heterocycles. The molecule has 0 fully saturated rings. The first kappa shape index (κ1) is 18.8. The van der Waals surface area contributed by atoms with Crippen LogP contribution in [0.3, 0.4) is 0 Å². The van der Waals surface area contributed by atoms with Crippen LogP contribution in [0.4, 0.5) is 5.69 Å². The Balaban J connectivity index is 2.07. The first-order chi connectivity index (χ1) is 13.0. The molecule has 0 amide bonds. The second-order valence-corrected chi connectivity index (χ2v) is 6.46. The van der Waals surface area contributed by atoms with Gasteiger partial charge in [-0.3, -0.25) is 4.79 Å². The third kappa shape index (κ3) is 4.82. The van der Waals surface area contributed by atoms with Crippen molar-refractivity contribution >= 4 is 40.4 Å². The van der Waals surface area contributed by atoms with Crippen molar-refractivity contribution in [3.63, 3.8) is 0 Å². The van der Waals surface area contributed by atoms with Crippen molar-refractivity contribution in [3.05, 3.63) is 106 Å². The monoisotopic (exact) mass is 396 g/mol. The highest BCUT2D eigenvalue weighted by Gasteiger charge is 2.18. The van der Waals surface area contributed by atoms with Crippen LogP contribution in [0.5, 0.6) is 0 Å². The predicted molar refractivity (Wildman–Crippen MR) is 108 cm³/mol. The fourth-order valence-corrected chi connectivity index (χ4v) is 2.88. The van der Waals surface area contributed by atoms with Crippen molar-refractivity contribution in [2.75, 3.05) is 0 Å². The van der Waals surface area contributed by atoms with E-state index >= 15 is 0 Å². The summed E-state index contributed by atoms with van der Waals surface area (Å²) in [6.45, 7) is 0. The van der Waals surface area contributed by atoms with E-state index in [1.807, 2.05) is 6.07 Å². The van der Waals surface area contributed by atoms with Crippen LogP contribution < -0.4 is 0 Å². The number of benzene rings is 3. The Hall–Kier alpha value is -2.95. The molecule has 4 nitrogen and oxygen atoms in total. The number of Topliss-reactive ketones (excluding diaryl/α,β-unsaturated/α-hetero) is 1. The van der Waals surface area contributed by atoms with E-state index in [-0.39, 0.29) is 11.5 Å². The molecule has 134 valence electrons. The lowest BCUT2D eigenvalue weighted by Crippen LogP contribution is -2.04. The van der Waals surface area contributed by atoms with Gasteiger partial charge in [0, 0.05) is 21.2 Å². The molecule has 27 heavy (non-hydrogen) atoms. The molecular weight excluding hydrogens is 383 g/mol. The van der Waals surface area contributed by atoms with Gasteiger partial charge in [0.1, 0.15) is 0 Å². The number of halogens is 2. The average Bonchev–Trinajstić information content (AvgIpc) is 2.68. The normalized spacial score (nSPS) is 12.1. The van der Waals surface area contributed by atoms with Crippen molar-refractivity contribution in [1.29, 1.82) is 0 Å². The maximum absolute atomic E-state index is 12.9. The van der Waals surface area contributed by atoms with Gasteiger partial charge in [-0.15, -0.1) is 5.11 Å². The summed E-state index contributed by atoms with van der Waals surface area (Å²) >= 11 is 11.9. The van der Waals surface area contributed by atoms with E-state index in [2.05, 4.69) is 10.2 Å². The molecule has 0 unspecified atom stereocenters. The van der Waals surface area contributed by atoms with Crippen molar-refractivity contribution in [3.8, 4) is 0 Å². The zero-order valence-corrected chi connectivity index (χ0v) is 15.5. The second-order valence-electron chi connectivity index (χ2n) is 5.59. The Kier molecular flexibility index (Phi) is 6.01. The van der Waals surface area contributed by atoms with Gasteiger partial charge in [-0.05, 0) is 18.2 Å². The maximum Gasteiger partial charge on any atom is 0.217 e. The Labute approximate surface area is 166 Å². The number of aliphatic hydroxyl groups excluding tert-OH is 1. The minimum Gasteiger partial charge on any atom is -0.505 e. The van der Waals surface area contributed by atoms with E-state index in [1.54, 1.807) is 72.8 Å². The van der Waals surface area contributed by atoms with Crippen molar-refractivity contribution < 1.29 is 9.90 Å². The van der Waals surface area contributed by atoms with Gasteiger partial charge in [-0.25, -0.2) is 0 Å². The highest BCUT2D eigenvalue weighted by Crippen LogP contribution is 2.27. The maximum atomic E-state index is 12.9. The quantitative estimate of drug-likeness (QED) is 0.221. The fraction of sp³-hybridized carbons (Fsp3) is 0. The number of ketones is 1. The summed E-state index contributed by atoms with van der Waals surface area (Å²) in [5, 5.41) is 19.5. The lowest BCUT2D eigenvalue weighted by atomic mass is 10.1. The zero-order valence-electron chi connectivity index (χ0n) is 14.0. The minimum atomic E-state index is -0.450. The van der Waals surface area contributed by atoms with Crippen molar-refractivity contribution in [1.82, 2.24) is 0 Å². The van der Waals surface area contributed by atoms with Crippen LogP contribution in [0.25, 0.3) is 5.76 Å². The van der Waals surface area contributed by atoms with Gasteiger partial charge < -0.3 is 5.11 Å². The molecule has 0 saturated heterocycles. The zero-order chi connectivity index (χ0) is 19.2. The molecule has 0 bridgehead atoms. The number of allylic oxidation sites excluding steroid dienone is 1. The Bertz CT molecular complexity index is 997. The van der Waals surface area contributed by atoms with E-state index in [0.717, 1.165) is 0 Å². The van der Waals surface area contributed by atoms with Crippen LogP contribution >= 0.6 is 23.2 Å². The molecule has 6 heteroatoms. The van der Waals surface area contributed by atoms with Gasteiger partial charge in [0.2, 0.25) is 5.78 Å². The van der Waals surface area contributed by atoms with Crippen LogP contribution in [-0.2, 0) is 0 Å². The molecule has 0 heterocycles. The van der Waals surface area contributed by atoms with Gasteiger partial charge >= 0.3 is 0 Å². The van der Waals surface area contributed by atoms with Gasteiger partial charge in [0.05, 0.1) is 5.69 Å². The third-order valence-electron chi connectivity index (χ3n) is 3.64. The van der Waals surface area contributed by atoms with E-state index in [0.29, 0.717) is 26.9 Å². The minimum absolute atomic E-state index is 0.177. The van der Waals surface area contributed by atoms with Gasteiger partial charge in [-0.1, -0.05) is 83.9 Å². The van der Waals surface area contributed by atoms with Gasteiger partial charge in [-0.2, -0.15) is 5.11 Å². The molecule has 0 spiro atoms. The summed E-state index contributed by atoms with van der Waals surface area (Å²) in [7, 11) is 0. The topological polar surface area (TPSA) is 62.0 Å². The first-order valence-electron chi connectivity index (χ1n) is 8.01. The highest BCUT2D eigenvalue weighted by molar-refractivity contribution is 6.35. The third-order valence-corrected chi connectivity index (χ3v) is 4.07. The summed E-state index contributed by atoms with van der Waals surface area (Å²) in [5.74, 6) is -0.713. The average molecular weight is 397 g/mol. The standard InChI is InChI=1S/C21H14Cl2N2O2/c22-16-11-17(23)13-18(12-16)24-25-19(20(26)14-7-3-1-4-8-14)21(27)15-9-5-2-6-10-15/h1-13,26H/b20-19-,25-24?. The Morgan fingerprint density at radius 3 is 1.85 bits per heavy atom. The number of aliphatic hydroxyl groups is 1. The molecular formula is C21H14Cl2N2O2. The number of rotatable bonds is 5. The molecule has 0 aromatic heterocycles. The molecule has 0 atom stereocenters. The van der Waals surface area contributed by atoms with E-state index in [9.17, 15) is 9.90 Å². The van der Waals surface area contributed by atoms with Crippen molar-refractivity contribution in [2.45, 2.75) is 0 Å². The van der Waals surface area contributed by atoms with E-state index in [4.69, 9.17) is 23.2 Å². The lowest BCUT2D eigenvalue weighted by molar-refractivity contribution is 0.103. The summed E-state index contributed by atoms with van der Waals surface area (Å²) in [5.41, 5.74) is 1.04. The molecule has 0 aliphatic carbocycles. The molecule has 0 radical (unpaired) electrons. The number of carbonyl (C=O) groups excluding carboxylic acids is 1. The largest absolute Gasteiger partial charge is 0.505 e. The second kappa shape index (κ2) is 8.62. The molecule has 3 rings (SSSR count). The Morgan fingerprint density at radius 2 is 1.30 bits per heavy atom. The van der Waals surface area contributed by atoms with Gasteiger partial charge in [0.25, 0.3) is 0 Å². The fourth-order valence-electron chi connectivity index (χ4n) is 2.36. The van der Waals surface area contributed by atoms with Crippen LogP contribution in [0.2, 0.25) is 10.0 Å². The number of nitrogens with zero attached hydrogens (tertiary/aromatic N) is 2. The number of carbonyl (C=O) groups is 1. The smallest absolute Gasteiger partial charge is 0.217 e. The van der Waals surface area contributed by atoms with Crippen molar-refractivity contribution in [2.24, 2.45) is 10.2 Å². The summed E-state index contributed by atoms with van der Waals surface area (Å²) in [6.07, 6.45) is 0. The first-order valence-corrected chi connectivity index (χ1v) is 8.76. The Morgan fingerprint density at radius 1 is 0.778 bits per heavy atom. The number of azo groups is 1. The van der Waals surface area contributed by atoms with E-state index < -0.39 is 5.78 Å². The van der Waals surface area contributed by atoms with Gasteiger partial charge in [0.15, 0.2) is 11.5 Å². The molecule has 1 N–H and O–H groups in total. The number of hydrogen-bond donors (Lipinski definition) is 1. The predicted octanol–water partition coefficient (Wildman–Crippen LogP) is 6.89. The van der Waals surface area contributed by atoms with Crippen LogP contribution in [0.1, 0.15) is 15.9 Å². The SMILES string of the molecule is O=C(/C(N=Nc1cc(Cl)cc(Cl)c1)=C(/O)c1ccccc1)c1ccccc1. The van der Waals surface area contributed by atoms with Crippen LogP contribution in [0, 0.1) is 0 Å². The molecule has 0 saturated carbocycles. The lowest BCUT2D eigenvalue weighted by Gasteiger charge is -2.06. The highest BCUT2D eigenvalue weighted by atomic mass is 35.5. The summed E-state index contributed by atoms with van der Waals surface area (Å²) < 4.78 is 0. The molecule has 3 aromatic rings. The number of hydrogen-bond acceptors (Lipinski definition) is 4. The van der Waals surface area contributed by atoms with E-state index in [1.165, 1.54) is 0 Å².